The molecule has 0 saturated heterocycles. The van der Waals surface area contributed by atoms with Gasteiger partial charge in [-0.25, -0.2) is 0 Å². The van der Waals surface area contributed by atoms with Gasteiger partial charge in [-0.05, 0) is 39.3 Å². The number of benzene rings is 1. The molecule has 5 heteroatoms. The topological polar surface area (TPSA) is 64.3 Å². The van der Waals surface area contributed by atoms with Crippen LogP contribution < -0.4 is 11.1 Å². The van der Waals surface area contributed by atoms with Gasteiger partial charge in [0, 0.05) is 11.3 Å². The lowest BCUT2D eigenvalue weighted by Gasteiger charge is -2.27. The van der Waals surface area contributed by atoms with Crippen LogP contribution in [-0.4, -0.2) is 22.6 Å². The van der Waals surface area contributed by atoms with Gasteiger partial charge in [0.2, 0.25) is 0 Å². The van der Waals surface area contributed by atoms with Crippen LogP contribution in [0.1, 0.15) is 39.7 Å². The van der Waals surface area contributed by atoms with Gasteiger partial charge in [0.15, 0.2) is 0 Å². The third-order valence-electron chi connectivity index (χ3n) is 3.13. The van der Waals surface area contributed by atoms with Crippen molar-refractivity contribution >= 4 is 28.8 Å². The number of ether oxygens (including phenoxy) is 1. The van der Waals surface area contributed by atoms with Gasteiger partial charge in [0.1, 0.15) is 11.1 Å². The molecule has 0 saturated carbocycles. The summed E-state index contributed by atoms with van der Waals surface area (Å²) in [5.41, 5.74) is 6.63. The third kappa shape index (κ3) is 4.90. The number of carbonyl (C=O) groups is 1. The van der Waals surface area contributed by atoms with Gasteiger partial charge in [-0.1, -0.05) is 31.3 Å². The van der Waals surface area contributed by atoms with Crippen molar-refractivity contribution < 1.29 is 9.53 Å². The van der Waals surface area contributed by atoms with E-state index in [1.54, 1.807) is 31.2 Å². The molecule has 0 aromatic heterocycles. The Bertz CT molecular complexity index is 500. The van der Waals surface area contributed by atoms with Crippen LogP contribution in [-0.2, 0) is 9.53 Å². The minimum Gasteiger partial charge on any atom is -0.389 e. The van der Waals surface area contributed by atoms with Crippen molar-refractivity contribution in [2.24, 2.45) is 5.73 Å². The highest BCUT2D eigenvalue weighted by Gasteiger charge is 2.23. The third-order valence-corrected chi connectivity index (χ3v) is 3.37. The Morgan fingerprint density at radius 2 is 2.15 bits per heavy atom. The maximum absolute atomic E-state index is 12.1. The summed E-state index contributed by atoms with van der Waals surface area (Å²) in [6.07, 6.45) is 0.306. The highest BCUT2D eigenvalue weighted by molar-refractivity contribution is 7.80. The molecule has 4 nitrogen and oxygen atoms in total. The van der Waals surface area contributed by atoms with Crippen LogP contribution in [0.25, 0.3) is 0 Å². The summed E-state index contributed by atoms with van der Waals surface area (Å²) in [6, 6.07) is 7.14. The van der Waals surface area contributed by atoms with Crippen molar-refractivity contribution in [2.45, 2.75) is 45.8 Å². The molecule has 0 spiro atoms. The zero-order chi connectivity index (χ0) is 15.3. The number of anilines is 1. The SMILES string of the molecule is CCC(C)(C)OC(C)C(=O)Nc1cccc(C(N)=S)c1. The van der Waals surface area contributed by atoms with Crippen molar-refractivity contribution in [3.05, 3.63) is 29.8 Å². The Hall–Kier alpha value is -1.46. The molecule has 1 amide bonds. The molecule has 1 aromatic carbocycles. The summed E-state index contributed by atoms with van der Waals surface area (Å²) in [4.78, 5) is 12.4. The fourth-order valence-electron chi connectivity index (χ4n) is 1.61. The lowest BCUT2D eigenvalue weighted by atomic mass is 10.1. The van der Waals surface area contributed by atoms with Crippen LogP contribution in [0.4, 0.5) is 5.69 Å². The van der Waals surface area contributed by atoms with Gasteiger partial charge in [-0.2, -0.15) is 0 Å². The Balaban J connectivity index is 2.71. The number of carbonyl (C=O) groups excluding carboxylic acids is 1. The van der Waals surface area contributed by atoms with Crippen molar-refractivity contribution in [3.63, 3.8) is 0 Å². The number of hydrogen-bond donors (Lipinski definition) is 2. The Morgan fingerprint density at radius 1 is 1.50 bits per heavy atom. The molecule has 1 atom stereocenters. The molecule has 0 bridgehead atoms. The summed E-state index contributed by atoms with van der Waals surface area (Å²) in [7, 11) is 0. The highest BCUT2D eigenvalue weighted by atomic mass is 32.1. The van der Waals surface area contributed by atoms with E-state index >= 15 is 0 Å². The number of amides is 1. The Morgan fingerprint density at radius 3 is 2.70 bits per heavy atom. The minimum absolute atomic E-state index is 0.188. The monoisotopic (exact) mass is 294 g/mol. The van der Waals surface area contributed by atoms with Crippen LogP contribution >= 0.6 is 12.2 Å². The van der Waals surface area contributed by atoms with Gasteiger partial charge in [-0.15, -0.1) is 0 Å². The van der Waals surface area contributed by atoms with Gasteiger partial charge < -0.3 is 15.8 Å². The molecule has 1 unspecified atom stereocenters. The van der Waals surface area contributed by atoms with Crippen LogP contribution in [0.2, 0.25) is 0 Å². The van der Waals surface area contributed by atoms with Crippen molar-refractivity contribution in [2.75, 3.05) is 5.32 Å². The van der Waals surface area contributed by atoms with E-state index < -0.39 is 6.10 Å². The summed E-state index contributed by atoms with van der Waals surface area (Å²) in [5, 5.41) is 2.80. The van der Waals surface area contributed by atoms with E-state index in [1.165, 1.54) is 0 Å². The normalized spacial score (nSPS) is 12.8. The average Bonchev–Trinajstić information content (AvgIpc) is 2.38. The van der Waals surface area contributed by atoms with E-state index in [1.807, 2.05) is 20.8 Å². The van der Waals surface area contributed by atoms with E-state index in [4.69, 9.17) is 22.7 Å². The van der Waals surface area contributed by atoms with E-state index in [2.05, 4.69) is 5.32 Å². The molecule has 3 N–H and O–H groups in total. The summed E-state index contributed by atoms with van der Waals surface area (Å²) < 4.78 is 5.74. The second-order valence-corrected chi connectivity index (χ2v) is 5.75. The lowest BCUT2D eigenvalue weighted by molar-refractivity contribution is -0.137. The quantitative estimate of drug-likeness (QED) is 0.792. The zero-order valence-electron chi connectivity index (χ0n) is 12.4. The van der Waals surface area contributed by atoms with Gasteiger partial charge >= 0.3 is 0 Å². The van der Waals surface area contributed by atoms with Crippen molar-refractivity contribution in [1.29, 1.82) is 0 Å². The maximum Gasteiger partial charge on any atom is 0.253 e. The number of rotatable bonds is 6. The predicted octanol–water partition coefficient (Wildman–Crippen LogP) is 2.85. The first-order chi connectivity index (χ1) is 9.25. The Labute approximate surface area is 125 Å². The molecule has 110 valence electrons. The first-order valence-corrected chi connectivity index (χ1v) is 7.04. The van der Waals surface area contributed by atoms with Gasteiger partial charge in [0.25, 0.3) is 5.91 Å². The second-order valence-electron chi connectivity index (χ2n) is 5.31. The molecular weight excluding hydrogens is 272 g/mol. The van der Waals surface area contributed by atoms with E-state index in [-0.39, 0.29) is 11.5 Å². The van der Waals surface area contributed by atoms with E-state index in [0.29, 0.717) is 10.7 Å². The fourth-order valence-corrected chi connectivity index (χ4v) is 1.74. The van der Waals surface area contributed by atoms with E-state index in [0.717, 1.165) is 12.0 Å². The summed E-state index contributed by atoms with van der Waals surface area (Å²) in [6.45, 7) is 7.69. The van der Waals surface area contributed by atoms with Crippen LogP contribution in [0.3, 0.4) is 0 Å². The lowest BCUT2D eigenvalue weighted by Crippen LogP contribution is -2.36. The molecule has 0 aliphatic carbocycles. The van der Waals surface area contributed by atoms with Gasteiger partial charge in [0.05, 0.1) is 5.60 Å². The number of thiocarbonyl (C=S) groups is 1. The molecule has 0 aliphatic rings. The smallest absolute Gasteiger partial charge is 0.253 e. The zero-order valence-corrected chi connectivity index (χ0v) is 13.2. The molecule has 0 radical (unpaired) electrons. The van der Waals surface area contributed by atoms with Crippen LogP contribution in [0, 0.1) is 0 Å². The second kappa shape index (κ2) is 6.81. The molecule has 0 aliphatic heterocycles. The average molecular weight is 294 g/mol. The van der Waals surface area contributed by atoms with Gasteiger partial charge in [-0.3, -0.25) is 4.79 Å². The summed E-state index contributed by atoms with van der Waals surface area (Å²) >= 11 is 4.91. The van der Waals surface area contributed by atoms with E-state index in [9.17, 15) is 4.79 Å². The molecule has 1 rings (SSSR count). The standard InChI is InChI=1S/C15H22N2O2S/c1-5-15(3,4)19-10(2)14(18)17-12-8-6-7-11(9-12)13(16)20/h6-10H,5H2,1-4H3,(H2,16,20)(H,17,18). The molecule has 0 heterocycles. The minimum atomic E-state index is -0.529. The first kappa shape index (κ1) is 16.6. The highest BCUT2D eigenvalue weighted by Crippen LogP contribution is 2.17. The largest absolute Gasteiger partial charge is 0.389 e. The van der Waals surface area contributed by atoms with Crippen molar-refractivity contribution in [3.8, 4) is 0 Å². The first-order valence-electron chi connectivity index (χ1n) is 6.63. The van der Waals surface area contributed by atoms with Crippen LogP contribution in [0.5, 0.6) is 0 Å². The molecule has 0 fully saturated rings. The number of nitrogens with one attached hydrogen (secondary N) is 1. The fraction of sp³-hybridized carbons (Fsp3) is 0.467. The summed E-state index contributed by atoms with van der Waals surface area (Å²) in [5.74, 6) is -0.188. The Kier molecular flexibility index (Phi) is 5.65. The number of hydrogen-bond acceptors (Lipinski definition) is 3. The number of nitrogens with two attached hydrogens (primary N) is 1. The molecule has 1 aromatic rings. The predicted molar refractivity (Wildman–Crippen MR) is 85.9 cm³/mol. The molecule has 20 heavy (non-hydrogen) atoms. The van der Waals surface area contributed by atoms with Crippen molar-refractivity contribution in [1.82, 2.24) is 0 Å². The molecular formula is C15H22N2O2S. The maximum atomic E-state index is 12.1. The van der Waals surface area contributed by atoms with Crippen LogP contribution in [0.15, 0.2) is 24.3 Å².